The van der Waals surface area contributed by atoms with Crippen molar-refractivity contribution in [2.45, 2.75) is 39.5 Å². The maximum atomic E-state index is 12.7. The standard InChI is InChI=1S/C15H19N3O2S/c1-9-7-13(10(2)21-9)15(19)18-6-4-5-12(8-18)14-16-11(3)20-17-14/h7,12H,4-6,8H2,1-3H3/t12-/m0/s1. The summed E-state index contributed by atoms with van der Waals surface area (Å²) in [6.45, 7) is 7.32. The monoisotopic (exact) mass is 305 g/mol. The second kappa shape index (κ2) is 5.60. The van der Waals surface area contributed by atoms with Crippen LogP contribution in [0.4, 0.5) is 0 Å². The summed E-state index contributed by atoms with van der Waals surface area (Å²) in [6.07, 6.45) is 1.98. The molecular formula is C15H19N3O2S. The smallest absolute Gasteiger partial charge is 0.255 e. The van der Waals surface area contributed by atoms with Crippen LogP contribution in [0.15, 0.2) is 10.6 Å². The molecule has 0 aromatic carbocycles. The molecule has 1 fully saturated rings. The van der Waals surface area contributed by atoms with Crippen LogP contribution in [0.25, 0.3) is 0 Å². The van der Waals surface area contributed by atoms with Gasteiger partial charge in [-0.3, -0.25) is 4.79 Å². The molecule has 0 N–H and O–H groups in total. The molecule has 1 atom stereocenters. The molecule has 1 saturated heterocycles. The highest BCUT2D eigenvalue weighted by molar-refractivity contribution is 7.12. The first kappa shape index (κ1) is 14.3. The van der Waals surface area contributed by atoms with E-state index < -0.39 is 0 Å². The molecule has 21 heavy (non-hydrogen) atoms. The van der Waals surface area contributed by atoms with Crippen molar-refractivity contribution in [3.63, 3.8) is 0 Å². The molecule has 1 amide bonds. The molecule has 0 saturated carbocycles. The molecule has 0 bridgehead atoms. The van der Waals surface area contributed by atoms with E-state index in [1.807, 2.05) is 24.8 Å². The Morgan fingerprint density at radius 2 is 2.24 bits per heavy atom. The summed E-state index contributed by atoms with van der Waals surface area (Å²) in [5, 5.41) is 4.01. The lowest BCUT2D eigenvalue weighted by Crippen LogP contribution is -2.39. The van der Waals surface area contributed by atoms with Gasteiger partial charge in [-0.25, -0.2) is 0 Å². The molecule has 5 nitrogen and oxygen atoms in total. The van der Waals surface area contributed by atoms with Crippen LogP contribution in [0.3, 0.4) is 0 Å². The summed E-state index contributed by atoms with van der Waals surface area (Å²) in [4.78, 5) is 21.2. The summed E-state index contributed by atoms with van der Waals surface area (Å²) in [7, 11) is 0. The molecule has 1 aliphatic heterocycles. The molecule has 3 rings (SSSR count). The van der Waals surface area contributed by atoms with Gasteiger partial charge in [0.15, 0.2) is 5.82 Å². The van der Waals surface area contributed by atoms with E-state index in [2.05, 4.69) is 10.1 Å². The number of carbonyl (C=O) groups excluding carboxylic acids is 1. The number of amides is 1. The van der Waals surface area contributed by atoms with Crippen LogP contribution in [0, 0.1) is 20.8 Å². The second-order valence-electron chi connectivity index (χ2n) is 5.59. The van der Waals surface area contributed by atoms with E-state index in [4.69, 9.17) is 4.52 Å². The normalized spacial score (nSPS) is 19.0. The zero-order valence-electron chi connectivity index (χ0n) is 12.5. The highest BCUT2D eigenvalue weighted by atomic mass is 32.1. The Morgan fingerprint density at radius 3 is 2.86 bits per heavy atom. The quantitative estimate of drug-likeness (QED) is 0.855. The highest BCUT2D eigenvalue weighted by Crippen LogP contribution is 2.28. The highest BCUT2D eigenvalue weighted by Gasteiger charge is 2.29. The van der Waals surface area contributed by atoms with Gasteiger partial charge in [-0.15, -0.1) is 11.3 Å². The van der Waals surface area contributed by atoms with Crippen molar-refractivity contribution in [3.05, 3.63) is 33.1 Å². The van der Waals surface area contributed by atoms with E-state index >= 15 is 0 Å². The van der Waals surface area contributed by atoms with Crippen molar-refractivity contribution in [2.75, 3.05) is 13.1 Å². The molecule has 0 spiro atoms. The minimum atomic E-state index is 0.127. The SMILES string of the molecule is Cc1nc([C@H]2CCCN(C(=O)c3cc(C)sc3C)C2)no1. The van der Waals surface area contributed by atoms with Crippen LogP contribution in [-0.2, 0) is 0 Å². The summed E-state index contributed by atoms with van der Waals surface area (Å²) < 4.78 is 5.06. The van der Waals surface area contributed by atoms with Crippen LogP contribution in [-0.4, -0.2) is 34.0 Å². The number of carbonyl (C=O) groups is 1. The first-order valence-electron chi connectivity index (χ1n) is 7.21. The molecule has 2 aromatic rings. The molecule has 0 unspecified atom stereocenters. The fourth-order valence-electron chi connectivity index (χ4n) is 2.87. The van der Waals surface area contributed by atoms with Crippen molar-refractivity contribution in [2.24, 2.45) is 0 Å². The largest absolute Gasteiger partial charge is 0.340 e. The molecule has 3 heterocycles. The number of piperidine rings is 1. The first-order chi connectivity index (χ1) is 10.0. The van der Waals surface area contributed by atoms with E-state index in [9.17, 15) is 4.79 Å². The Kier molecular flexibility index (Phi) is 3.80. The third kappa shape index (κ3) is 2.85. The predicted octanol–water partition coefficient (Wildman–Crippen LogP) is 3.08. The predicted molar refractivity (Wildman–Crippen MR) is 80.7 cm³/mol. The van der Waals surface area contributed by atoms with E-state index in [-0.39, 0.29) is 11.8 Å². The molecule has 1 aliphatic rings. The van der Waals surface area contributed by atoms with E-state index in [0.717, 1.165) is 35.7 Å². The average molecular weight is 305 g/mol. The number of likely N-dealkylation sites (tertiary alicyclic amines) is 1. The van der Waals surface area contributed by atoms with Crippen molar-refractivity contribution in [3.8, 4) is 0 Å². The van der Waals surface area contributed by atoms with Crippen molar-refractivity contribution in [1.29, 1.82) is 0 Å². The molecule has 6 heteroatoms. The fraction of sp³-hybridized carbons (Fsp3) is 0.533. The van der Waals surface area contributed by atoms with E-state index in [0.29, 0.717) is 12.4 Å². The second-order valence-corrected chi connectivity index (χ2v) is 7.05. The lowest BCUT2D eigenvalue weighted by atomic mass is 9.97. The number of aromatic nitrogens is 2. The first-order valence-corrected chi connectivity index (χ1v) is 8.02. The van der Waals surface area contributed by atoms with Crippen molar-refractivity contribution in [1.82, 2.24) is 15.0 Å². The van der Waals surface area contributed by atoms with Crippen LogP contribution < -0.4 is 0 Å². The van der Waals surface area contributed by atoms with Crippen molar-refractivity contribution >= 4 is 17.2 Å². The van der Waals surface area contributed by atoms with Gasteiger partial charge in [0, 0.05) is 35.7 Å². The van der Waals surface area contributed by atoms with Crippen molar-refractivity contribution < 1.29 is 9.32 Å². The van der Waals surface area contributed by atoms with Gasteiger partial charge in [-0.05, 0) is 32.8 Å². The molecule has 112 valence electrons. The summed E-state index contributed by atoms with van der Waals surface area (Å²) in [6, 6.07) is 1.99. The Morgan fingerprint density at radius 1 is 1.43 bits per heavy atom. The number of rotatable bonds is 2. The van der Waals surface area contributed by atoms with Gasteiger partial charge in [0.05, 0.1) is 5.56 Å². The zero-order chi connectivity index (χ0) is 15.0. The van der Waals surface area contributed by atoms with Crippen LogP contribution in [0.1, 0.15) is 50.6 Å². The summed E-state index contributed by atoms with van der Waals surface area (Å²) in [5.74, 6) is 1.61. The van der Waals surface area contributed by atoms with E-state index in [1.54, 1.807) is 18.3 Å². The number of nitrogens with zero attached hydrogens (tertiary/aromatic N) is 3. The lowest BCUT2D eigenvalue weighted by Gasteiger charge is -2.31. The summed E-state index contributed by atoms with van der Waals surface area (Å²) in [5.41, 5.74) is 0.836. The van der Waals surface area contributed by atoms with Gasteiger partial charge < -0.3 is 9.42 Å². The zero-order valence-corrected chi connectivity index (χ0v) is 13.4. The van der Waals surface area contributed by atoms with Crippen LogP contribution in [0.2, 0.25) is 0 Å². The average Bonchev–Trinajstić information content (AvgIpc) is 3.04. The van der Waals surface area contributed by atoms with Crippen LogP contribution in [0.5, 0.6) is 0 Å². The third-order valence-corrected chi connectivity index (χ3v) is 4.85. The Labute approximate surface area is 128 Å². The minimum Gasteiger partial charge on any atom is -0.340 e. The Hall–Kier alpha value is -1.69. The number of hydrogen-bond donors (Lipinski definition) is 0. The number of hydrogen-bond acceptors (Lipinski definition) is 5. The Bertz CT molecular complexity index is 662. The van der Waals surface area contributed by atoms with Gasteiger partial charge in [0.1, 0.15) is 0 Å². The summed E-state index contributed by atoms with van der Waals surface area (Å²) >= 11 is 1.67. The minimum absolute atomic E-state index is 0.127. The molecular weight excluding hydrogens is 286 g/mol. The third-order valence-electron chi connectivity index (χ3n) is 3.89. The van der Waals surface area contributed by atoms with Crippen LogP contribution >= 0.6 is 11.3 Å². The molecule has 0 radical (unpaired) electrons. The molecule has 2 aromatic heterocycles. The van der Waals surface area contributed by atoms with Gasteiger partial charge in [0.25, 0.3) is 5.91 Å². The number of aryl methyl sites for hydroxylation is 3. The fourth-order valence-corrected chi connectivity index (χ4v) is 3.78. The lowest BCUT2D eigenvalue weighted by molar-refractivity contribution is 0.0703. The van der Waals surface area contributed by atoms with Gasteiger partial charge >= 0.3 is 0 Å². The van der Waals surface area contributed by atoms with E-state index in [1.165, 1.54) is 4.88 Å². The van der Waals surface area contributed by atoms with Gasteiger partial charge in [0.2, 0.25) is 5.89 Å². The van der Waals surface area contributed by atoms with Gasteiger partial charge in [-0.2, -0.15) is 4.98 Å². The topological polar surface area (TPSA) is 59.2 Å². The Balaban J connectivity index is 1.77. The van der Waals surface area contributed by atoms with Gasteiger partial charge in [-0.1, -0.05) is 5.16 Å². The maximum absolute atomic E-state index is 12.7. The maximum Gasteiger partial charge on any atom is 0.255 e. The number of thiophene rings is 1. The molecule has 0 aliphatic carbocycles.